The van der Waals surface area contributed by atoms with E-state index in [2.05, 4.69) is 53.4 Å². The monoisotopic (exact) mass is 317 g/mol. The van der Waals surface area contributed by atoms with Crippen molar-refractivity contribution in [2.45, 2.75) is 46.1 Å². The Bertz CT molecular complexity index is 522. The standard InChI is InChI=1S/C18H31N5/c1-5-21-8-10-22(11-9-21)16-6-7-23(13-16)17-12-15(4)19-18(20-17)14(2)3/h12,14,16H,5-11,13H2,1-4H3. The van der Waals surface area contributed by atoms with Crippen molar-refractivity contribution in [2.24, 2.45) is 0 Å². The molecule has 0 N–H and O–H groups in total. The lowest BCUT2D eigenvalue weighted by molar-refractivity contribution is 0.107. The maximum absolute atomic E-state index is 4.81. The Morgan fingerprint density at radius 1 is 1.13 bits per heavy atom. The van der Waals surface area contributed by atoms with Crippen LogP contribution in [0, 0.1) is 6.92 Å². The summed E-state index contributed by atoms with van der Waals surface area (Å²) in [6.45, 7) is 16.9. The van der Waals surface area contributed by atoms with Crippen LogP contribution in [0.4, 0.5) is 5.82 Å². The van der Waals surface area contributed by atoms with E-state index >= 15 is 0 Å². The molecule has 3 rings (SSSR count). The molecule has 2 saturated heterocycles. The van der Waals surface area contributed by atoms with Gasteiger partial charge in [0.15, 0.2) is 0 Å². The predicted octanol–water partition coefficient (Wildman–Crippen LogP) is 2.12. The second kappa shape index (κ2) is 7.14. The average Bonchev–Trinajstić information content (AvgIpc) is 3.04. The third-order valence-electron chi connectivity index (χ3n) is 5.23. The van der Waals surface area contributed by atoms with Crippen molar-refractivity contribution in [3.05, 3.63) is 17.6 Å². The fraction of sp³-hybridized carbons (Fsp3) is 0.778. The van der Waals surface area contributed by atoms with Crippen LogP contribution in [0.15, 0.2) is 6.07 Å². The van der Waals surface area contributed by atoms with Crippen molar-refractivity contribution in [3.8, 4) is 0 Å². The van der Waals surface area contributed by atoms with Crippen molar-refractivity contribution in [2.75, 3.05) is 50.7 Å². The normalized spacial score (nSPS) is 23.9. The Balaban J connectivity index is 1.64. The lowest BCUT2D eigenvalue weighted by atomic mass is 10.2. The topological polar surface area (TPSA) is 35.5 Å². The molecule has 1 aromatic rings. The van der Waals surface area contributed by atoms with E-state index in [4.69, 9.17) is 4.98 Å². The zero-order valence-corrected chi connectivity index (χ0v) is 15.1. The summed E-state index contributed by atoms with van der Waals surface area (Å²) in [6.07, 6.45) is 1.26. The van der Waals surface area contributed by atoms with E-state index in [0.717, 1.165) is 30.4 Å². The zero-order valence-electron chi connectivity index (χ0n) is 15.1. The van der Waals surface area contributed by atoms with Gasteiger partial charge in [-0.2, -0.15) is 0 Å². The summed E-state index contributed by atoms with van der Waals surface area (Å²) in [6, 6.07) is 2.83. The lowest BCUT2D eigenvalue weighted by Gasteiger charge is -2.37. The van der Waals surface area contributed by atoms with Gasteiger partial charge in [0.2, 0.25) is 0 Å². The number of hydrogen-bond donors (Lipinski definition) is 0. The van der Waals surface area contributed by atoms with E-state index < -0.39 is 0 Å². The lowest BCUT2D eigenvalue weighted by Crippen LogP contribution is -2.50. The molecule has 0 aromatic carbocycles. The summed E-state index contributed by atoms with van der Waals surface area (Å²) in [7, 11) is 0. The van der Waals surface area contributed by atoms with Gasteiger partial charge in [-0.3, -0.25) is 4.90 Å². The molecule has 1 aromatic heterocycles. The minimum Gasteiger partial charge on any atom is -0.355 e. The van der Waals surface area contributed by atoms with Gasteiger partial charge < -0.3 is 9.80 Å². The fourth-order valence-electron chi connectivity index (χ4n) is 3.69. The Kier molecular flexibility index (Phi) is 5.17. The minimum atomic E-state index is 0.383. The minimum absolute atomic E-state index is 0.383. The molecular formula is C18H31N5. The van der Waals surface area contributed by atoms with Gasteiger partial charge in [-0.25, -0.2) is 9.97 Å². The van der Waals surface area contributed by atoms with Crippen molar-refractivity contribution in [1.29, 1.82) is 0 Å². The highest BCUT2D eigenvalue weighted by Crippen LogP contribution is 2.24. The second-order valence-corrected chi connectivity index (χ2v) is 7.24. The number of piperazine rings is 1. The van der Waals surface area contributed by atoms with Crippen LogP contribution in [-0.4, -0.2) is 71.6 Å². The highest BCUT2D eigenvalue weighted by atomic mass is 15.3. The van der Waals surface area contributed by atoms with Crippen LogP contribution in [-0.2, 0) is 0 Å². The Labute approximate surface area is 140 Å². The van der Waals surface area contributed by atoms with Crippen LogP contribution in [0.25, 0.3) is 0 Å². The van der Waals surface area contributed by atoms with Gasteiger partial charge in [0, 0.05) is 63.0 Å². The van der Waals surface area contributed by atoms with E-state index in [9.17, 15) is 0 Å². The highest BCUT2D eigenvalue weighted by Gasteiger charge is 2.30. The fourth-order valence-corrected chi connectivity index (χ4v) is 3.69. The first kappa shape index (κ1) is 16.7. The molecule has 2 fully saturated rings. The maximum atomic E-state index is 4.81. The van der Waals surface area contributed by atoms with Crippen LogP contribution < -0.4 is 4.90 Å². The number of nitrogens with zero attached hydrogens (tertiary/aromatic N) is 5. The van der Waals surface area contributed by atoms with Crippen molar-refractivity contribution in [3.63, 3.8) is 0 Å². The summed E-state index contributed by atoms with van der Waals surface area (Å²) in [4.78, 5) is 17.1. The first-order valence-electron chi connectivity index (χ1n) is 9.13. The molecule has 0 radical (unpaired) electrons. The second-order valence-electron chi connectivity index (χ2n) is 7.24. The van der Waals surface area contributed by atoms with Crippen molar-refractivity contribution < 1.29 is 0 Å². The summed E-state index contributed by atoms with van der Waals surface area (Å²) in [5, 5.41) is 0. The quantitative estimate of drug-likeness (QED) is 0.850. The molecule has 0 amide bonds. The third kappa shape index (κ3) is 3.83. The number of anilines is 1. The Morgan fingerprint density at radius 3 is 2.52 bits per heavy atom. The van der Waals surface area contributed by atoms with Crippen LogP contribution in [0.5, 0.6) is 0 Å². The molecule has 3 heterocycles. The maximum Gasteiger partial charge on any atom is 0.133 e. The van der Waals surface area contributed by atoms with E-state index in [1.807, 2.05) is 0 Å². The molecule has 0 saturated carbocycles. The molecule has 5 heteroatoms. The number of hydrogen-bond acceptors (Lipinski definition) is 5. The van der Waals surface area contributed by atoms with Crippen molar-refractivity contribution >= 4 is 5.82 Å². The molecule has 23 heavy (non-hydrogen) atoms. The molecule has 2 aliphatic rings. The molecule has 0 spiro atoms. The van der Waals surface area contributed by atoms with Gasteiger partial charge in [0.1, 0.15) is 11.6 Å². The third-order valence-corrected chi connectivity index (χ3v) is 5.23. The van der Waals surface area contributed by atoms with Gasteiger partial charge in [-0.1, -0.05) is 20.8 Å². The number of aryl methyl sites for hydroxylation is 1. The number of likely N-dealkylation sites (N-methyl/N-ethyl adjacent to an activating group) is 1. The van der Waals surface area contributed by atoms with Crippen molar-refractivity contribution in [1.82, 2.24) is 19.8 Å². The molecule has 2 aliphatic heterocycles. The van der Waals surface area contributed by atoms with Gasteiger partial charge in [-0.05, 0) is 19.9 Å². The number of aromatic nitrogens is 2. The smallest absolute Gasteiger partial charge is 0.133 e. The van der Waals surface area contributed by atoms with Gasteiger partial charge in [-0.15, -0.1) is 0 Å². The van der Waals surface area contributed by atoms with Crippen LogP contribution in [0.1, 0.15) is 44.6 Å². The van der Waals surface area contributed by atoms with Gasteiger partial charge in [0.05, 0.1) is 0 Å². The Hall–Kier alpha value is -1.20. The van der Waals surface area contributed by atoms with Crippen LogP contribution >= 0.6 is 0 Å². The van der Waals surface area contributed by atoms with E-state index in [1.54, 1.807) is 0 Å². The SMILES string of the molecule is CCN1CCN(C2CCN(c3cc(C)nc(C(C)C)n3)C2)CC1. The summed E-state index contributed by atoms with van der Waals surface area (Å²) in [5.74, 6) is 2.48. The van der Waals surface area contributed by atoms with Crippen LogP contribution in [0.3, 0.4) is 0 Å². The summed E-state index contributed by atoms with van der Waals surface area (Å²) < 4.78 is 0. The highest BCUT2D eigenvalue weighted by molar-refractivity contribution is 5.41. The predicted molar refractivity (Wildman–Crippen MR) is 95.2 cm³/mol. The van der Waals surface area contributed by atoms with Gasteiger partial charge >= 0.3 is 0 Å². The summed E-state index contributed by atoms with van der Waals surface area (Å²) >= 11 is 0. The molecule has 0 aliphatic carbocycles. The first-order chi connectivity index (χ1) is 11.1. The van der Waals surface area contributed by atoms with E-state index in [1.165, 1.54) is 39.1 Å². The first-order valence-corrected chi connectivity index (χ1v) is 9.13. The zero-order chi connectivity index (χ0) is 16.4. The van der Waals surface area contributed by atoms with E-state index in [-0.39, 0.29) is 0 Å². The van der Waals surface area contributed by atoms with Gasteiger partial charge in [0.25, 0.3) is 0 Å². The largest absolute Gasteiger partial charge is 0.355 e. The van der Waals surface area contributed by atoms with E-state index in [0.29, 0.717) is 12.0 Å². The van der Waals surface area contributed by atoms with Crippen LogP contribution in [0.2, 0.25) is 0 Å². The molecule has 0 bridgehead atoms. The average molecular weight is 317 g/mol. The Morgan fingerprint density at radius 2 is 1.87 bits per heavy atom. The molecule has 5 nitrogen and oxygen atoms in total. The molecule has 128 valence electrons. The molecular weight excluding hydrogens is 286 g/mol. The molecule has 1 unspecified atom stereocenters. The number of rotatable bonds is 4. The summed E-state index contributed by atoms with van der Waals surface area (Å²) in [5.41, 5.74) is 1.08. The molecule has 1 atom stereocenters.